The summed E-state index contributed by atoms with van der Waals surface area (Å²) >= 11 is 0. The second kappa shape index (κ2) is 4.87. The van der Waals surface area contributed by atoms with Gasteiger partial charge >= 0.3 is 0 Å². The van der Waals surface area contributed by atoms with Crippen LogP contribution in [-0.2, 0) is 12.1 Å². The monoisotopic (exact) mass is 263 g/mol. The molecule has 2 fully saturated rings. The largest absolute Gasteiger partial charge is 0.315 e. The van der Waals surface area contributed by atoms with Gasteiger partial charge in [0.1, 0.15) is 0 Å². The molecule has 3 rings (SSSR count). The Kier molecular flexibility index (Phi) is 3.35. The molecule has 19 heavy (non-hydrogen) atoms. The topological polar surface area (TPSA) is 46.0 Å². The Morgan fingerprint density at radius 1 is 1.32 bits per heavy atom. The fourth-order valence-corrected chi connectivity index (χ4v) is 2.77. The molecule has 1 atom stereocenters. The number of rotatable bonds is 4. The van der Waals surface area contributed by atoms with Crippen LogP contribution in [0.3, 0.4) is 0 Å². The maximum Gasteiger partial charge on any atom is 0.0967 e. The van der Waals surface area contributed by atoms with Gasteiger partial charge in [-0.2, -0.15) is 0 Å². The molecular formula is C14H25N5. The van der Waals surface area contributed by atoms with Gasteiger partial charge in [0.05, 0.1) is 17.4 Å². The van der Waals surface area contributed by atoms with Crippen molar-refractivity contribution >= 4 is 0 Å². The normalized spacial score (nSPS) is 24.3. The van der Waals surface area contributed by atoms with Crippen LogP contribution in [0.25, 0.3) is 0 Å². The van der Waals surface area contributed by atoms with Crippen LogP contribution in [0, 0.1) is 0 Å². The molecule has 2 heterocycles. The summed E-state index contributed by atoms with van der Waals surface area (Å²) < 4.78 is 1.97. The molecule has 2 aliphatic rings. The van der Waals surface area contributed by atoms with E-state index in [0.717, 1.165) is 31.4 Å². The summed E-state index contributed by atoms with van der Waals surface area (Å²) in [6.07, 6.45) is 6.08. The van der Waals surface area contributed by atoms with Crippen LogP contribution in [0.2, 0.25) is 0 Å². The van der Waals surface area contributed by atoms with Crippen LogP contribution in [0.5, 0.6) is 0 Å². The van der Waals surface area contributed by atoms with Crippen molar-refractivity contribution in [2.75, 3.05) is 13.1 Å². The standard InChI is InChI=1S/C14H25N5/c1-14(2,3)19-10-11(16-17-19)9-18(12-4-5-12)13-6-7-15-8-13/h10,12-13,15H,4-9H2,1-3H3. The summed E-state index contributed by atoms with van der Waals surface area (Å²) in [5.74, 6) is 0. The number of nitrogens with zero attached hydrogens (tertiary/aromatic N) is 4. The van der Waals surface area contributed by atoms with Crippen molar-refractivity contribution in [1.29, 1.82) is 0 Å². The molecule has 1 N–H and O–H groups in total. The lowest BCUT2D eigenvalue weighted by atomic mass is 10.1. The van der Waals surface area contributed by atoms with Crippen LogP contribution in [0.4, 0.5) is 0 Å². The zero-order valence-corrected chi connectivity index (χ0v) is 12.3. The van der Waals surface area contributed by atoms with E-state index >= 15 is 0 Å². The third-order valence-corrected chi connectivity index (χ3v) is 4.09. The molecule has 1 aromatic rings. The van der Waals surface area contributed by atoms with Gasteiger partial charge in [-0.05, 0) is 46.6 Å². The van der Waals surface area contributed by atoms with E-state index in [1.54, 1.807) is 0 Å². The Morgan fingerprint density at radius 3 is 2.63 bits per heavy atom. The van der Waals surface area contributed by atoms with Crippen LogP contribution in [-0.4, -0.2) is 45.1 Å². The minimum absolute atomic E-state index is 0.0184. The highest BCUT2D eigenvalue weighted by molar-refractivity contribution is 5.00. The Morgan fingerprint density at radius 2 is 2.11 bits per heavy atom. The average molecular weight is 263 g/mol. The summed E-state index contributed by atoms with van der Waals surface area (Å²) in [6.45, 7) is 9.71. The molecular weight excluding hydrogens is 238 g/mol. The van der Waals surface area contributed by atoms with Crippen molar-refractivity contribution in [3.63, 3.8) is 0 Å². The molecule has 5 nitrogen and oxygen atoms in total. The zero-order chi connectivity index (χ0) is 13.5. The van der Waals surface area contributed by atoms with Gasteiger partial charge in [-0.25, -0.2) is 4.68 Å². The van der Waals surface area contributed by atoms with E-state index < -0.39 is 0 Å². The zero-order valence-electron chi connectivity index (χ0n) is 12.3. The molecule has 0 radical (unpaired) electrons. The lowest BCUT2D eigenvalue weighted by molar-refractivity contribution is 0.186. The van der Waals surface area contributed by atoms with Gasteiger partial charge < -0.3 is 5.32 Å². The van der Waals surface area contributed by atoms with E-state index in [-0.39, 0.29) is 5.54 Å². The molecule has 0 amide bonds. The molecule has 1 saturated heterocycles. The SMILES string of the molecule is CC(C)(C)n1cc(CN(C2CC2)C2CCNC2)nn1. The summed E-state index contributed by atoms with van der Waals surface area (Å²) in [7, 11) is 0. The maximum atomic E-state index is 4.35. The molecule has 0 spiro atoms. The Hall–Kier alpha value is -0.940. The maximum absolute atomic E-state index is 4.35. The van der Waals surface area contributed by atoms with Gasteiger partial charge in [-0.1, -0.05) is 5.21 Å². The molecule has 0 aromatic carbocycles. The van der Waals surface area contributed by atoms with Gasteiger partial charge in [-0.3, -0.25) is 4.90 Å². The molecule has 1 aliphatic heterocycles. The minimum atomic E-state index is 0.0184. The first-order valence-electron chi connectivity index (χ1n) is 7.42. The number of aromatic nitrogens is 3. The minimum Gasteiger partial charge on any atom is -0.315 e. The van der Waals surface area contributed by atoms with Crippen molar-refractivity contribution in [2.24, 2.45) is 0 Å². The second-order valence-corrected chi connectivity index (χ2v) is 6.88. The summed E-state index contributed by atoms with van der Waals surface area (Å²) in [4.78, 5) is 2.64. The highest BCUT2D eigenvalue weighted by atomic mass is 15.4. The first-order chi connectivity index (χ1) is 9.04. The fraction of sp³-hybridized carbons (Fsp3) is 0.857. The van der Waals surface area contributed by atoms with Crippen molar-refractivity contribution in [1.82, 2.24) is 25.2 Å². The molecule has 1 aliphatic carbocycles. The fourth-order valence-electron chi connectivity index (χ4n) is 2.77. The van der Waals surface area contributed by atoms with E-state index in [2.05, 4.69) is 47.5 Å². The lowest BCUT2D eigenvalue weighted by Gasteiger charge is -2.27. The lowest BCUT2D eigenvalue weighted by Crippen LogP contribution is -2.38. The summed E-state index contributed by atoms with van der Waals surface area (Å²) in [5, 5.41) is 12.1. The van der Waals surface area contributed by atoms with Crippen molar-refractivity contribution in [2.45, 2.75) is 64.2 Å². The van der Waals surface area contributed by atoms with Gasteiger partial charge in [0.15, 0.2) is 0 Å². The van der Waals surface area contributed by atoms with Crippen LogP contribution >= 0.6 is 0 Å². The van der Waals surface area contributed by atoms with E-state index in [0.29, 0.717) is 6.04 Å². The smallest absolute Gasteiger partial charge is 0.0967 e. The molecule has 106 valence electrons. The van der Waals surface area contributed by atoms with Gasteiger partial charge in [-0.15, -0.1) is 5.10 Å². The van der Waals surface area contributed by atoms with Gasteiger partial charge in [0, 0.05) is 25.2 Å². The molecule has 1 saturated carbocycles. The second-order valence-electron chi connectivity index (χ2n) is 6.88. The Balaban J connectivity index is 1.69. The summed E-state index contributed by atoms with van der Waals surface area (Å²) in [6, 6.07) is 1.47. The molecule has 0 bridgehead atoms. The van der Waals surface area contributed by atoms with Crippen LogP contribution in [0.1, 0.15) is 45.7 Å². The van der Waals surface area contributed by atoms with Crippen molar-refractivity contribution in [3.05, 3.63) is 11.9 Å². The molecule has 1 unspecified atom stereocenters. The highest BCUT2D eigenvalue weighted by Crippen LogP contribution is 2.31. The van der Waals surface area contributed by atoms with E-state index in [4.69, 9.17) is 0 Å². The van der Waals surface area contributed by atoms with E-state index in [9.17, 15) is 0 Å². The van der Waals surface area contributed by atoms with Crippen molar-refractivity contribution < 1.29 is 0 Å². The highest BCUT2D eigenvalue weighted by Gasteiger charge is 2.35. The van der Waals surface area contributed by atoms with Gasteiger partial charge in [0.25, 0.3) is 0 Å². The van der Waals surface area contributed by atoms with Crippen molar-refractivity contribution in [3.8, 4) is 0 Å². The predicted molar refractivity (Wildman–Crippen MR) is 74.9 cm³/mol. The van der Waals surface area contributed by atoms with Crippen LogP contribution < -0.4 is 5.32 Å². The first kappa shape index (κ1) is 13.1. The quantitative estimate of drug-likeness (QED) is 0.891. The van der Waals surface area contributed by atoms with Gasteiger partial charge in [0.2, 0.25) is 0 Å². The first-order valence-corrected chi connectivity index (χ1v) is 7.42. The van der Waals surface area contributed by atoms with E-state index in [1.807, 2.05) is 4.68 Å². The van der Waals surface area contributed by atoms with Crippen LogP contribution in [0.15, 0.2) is 6.20 Å². The third kappa shape index (κ3) is 2.98. The predicted octanol–water partition coefficient (Wildman–Crippen LogP) is 1.36. The average Bonchev–Trinajstić information content (AvgIpc) is 2.87. The third-order valence-electron chi connectivity index (χ3n) is 4.09. The number of hydrogen-bond acceptors (Lipinski definition) is 4. The summed E-state index contributed by atoms with van der Waals surface area (Å²) in [5.41, 5.74) is 1.12. The van der Waals surface area contributed by atoms with E-state index in [1.165, 1.54) is 19.3 Å². The Labute approximate surface area is 115 Å². The molecule has 5 heteroatoms. The Bertz CT molecular complexity index is 423. The molecule has 1 aromatic heterocycles. The number of hydrogen-bond donors (Lipinski definition) is 1. The number of nitrogens with one attached hydrogen (secondary N) is 1.